The Hall–Kier alpha value is -4.05. The summed E-state index contributed by atoms with van der Waals surface area (Å²) < 4.78 is 5.74. The minimum absolute atomic E-state index is 0.0482. The zero-order valence-electron chi connectivity index (χ0n) is 16.9. The van der Waals surface area contributed by atoms with Gasteiger partial charge in [0.05, 0.1) is 29.9 Å². The Balaban J connectivity index is 1.75. The maximum Gasteiger partial charge on any atom is 0.332 e. The number of imidazole rings is 1. The largest absolute Gasteiger partial charge is 0.332 e. The van der Waals surface area contributed by atoms with Crippen LogP contribution in [-0.4, -0.2) is 38.6 Å². The van der Waals surface area contributed by atoms with Gasteiger partial charge in [0, 0.05) is 19.2 Å². The molecule has 0 amide bonds. The smallest absolute Gasteiger partial charge is 0.301 e. The van der Waals surface area contributed by atoms with Gasteiger partial charge in [0.25, 0.3) is 11.2 Å². The SMILES string of the molecule is CC#CCn1c(Br)nc2c1c(=O)n(Cc1cn(-c3ccc([N+](=O)[O-])cc3)nn1)c(=O)n2C. The van der Waals surface area contributed by atoms with Crippen molar-refractivity contribution >= 4 is 32.8 Å². The van der Waals surface area contributed by atoms with Gasteiger partial charge in [0.1, 0.15) is 5.69 Å². The molecule has 0 saturated carbocycles. The molecule has 0 aliphatic heterocycles. The van der Waals surface area contributed by atoms with Gasteiger partial charge in [-0.3, -0.25) is 24.0 Å². The molecule has 0 aliphatic rings. The topological polar surface area (TPSA) is 136 Å². The zero-order chi connectivity index (χ0) is 23.0. The van der Waals surface area contributed by atoms with Crippen molar-refractivity contribution in [2.45, 2.75) is 20.0 Å². The average molecular weight is 499 g/mol. The van der Waals surface area contributed by atoms with E-state index in [2.05, 4.69) is 43.1 Å². The summed E-state index contributed by atoms with van der Waals surface area (Å²) in [6.07, 6.45) is 1.55. The molecule has 0 aliphatic carbocycles. The van der Waals surface area contributed by atoms with Crippen molar-refractivity contribution < 1.29 is 4.92 Å². The molecule has 0 atom stereocenters. The van der Waals surface area contributed by atoms with Gasteiger partial charge in [-0.2, -0.15) is 0 Å². The van der Waals surface area contributed by atoms with E-state index >= 15 is 0 Å². The standard InChI is InChI=1S/C19H15BrN8O4/c1-3-4-9-25-15-16(21-18(25)20)24(2)19(30)26(17(15)29)10-12-11-27(23-22-12)13-5-7-14(8-6-13)28(31)32/h5-8,11H,9-10H2,1-2H3. The van der Waals surface area contributed by atoms with Crippen LogP contribution >= 0.6 is 15.9 Å². The summed E-state index contributed by atoms with van der Waals surface area (Å²) >= 11 is 3.32. The first-order valence-corrected chi connectivity index (χ1v) is 10.0. The van der Waals surface area contributed by atoms with Crippen molar-refractivity contribution in [1.29, 1.82) is 0 Å². The molecule has 0 N–H and O–H groups in total. The number of non-ortho nitro benzene ring substituents is 1. The van der Waals surface area contributed by atoms with E-state index in [1.807, 2.05) is 0 Å². The van der Waals surface area contributed by atoms with E-state index in [9.17, 15) is 19.7 Å². The fourth-order valence-electron chi connectivity index (χ4n) is 3.17. The quantitative estimate of drug-likeness (QED) is 0.174. The second kappa shape index (κ2) is 8.23. The van der Waals surface area contributed by atoms with E-state index < -0.39 is 16.2 Å². The fourth-order valence-corrected chi connectivity index (χ4v) is 3.64. The first-order chi connectivity index (χ1) is 15.3. The molecule has 4 aromatic rings. The molecule has 1 aromatic carbocycles. The van der Waals surface area contributed by atoms with E-state index in [0.717, 1.165) is 4.57 Å². The highest BCUT2D eigenvalue weighted by Gasteiger charge is 2.20. The van der Waals surface area contributed by atoms with Gasteiger partial charge in [-0.05, 0) is 35.0 Å². The van der Waals surface area contributed by atoms with E-state index in [1.54, 1.807) is 17.7 Å². The lowest BCUT2D eigenvalue weighted by molar-refractivity contribution is -0.384. The highest BCUT2D eigenvalue weighted by atomic mass is 79.9. The Morgan fingerprint density at radius 3 is 2.56 bits per heavy atom. The van der Waals surface area contributed by atoms with E-state index in [4.69, 9.17) is 0 Å². The highest BCUT2D eigenvalue weighted by molar-refractivity contribution is 9.10. The minimum Gasteiger partial charge on any atom is -0.301 e. The Morgan fingerprint density at radius 1 is 1.19 bits per heavy atom. The predicted octanol–water partition coefficient (Wildman–Crippen LogP) is 1.22. The van der Waals surface area contributed by atoms with Gasteiger partial charge in [0.2, 0.25) is 0 Å². The first kappa shape index (κ1) is 21.2. The first-order valence-electron chi connectivity index (χ1n) is 9.23. The number of rotatable bonds is 5. The van der Waals surface area contributed by atoms with Crippen LogP contribution in [-0.2, 0) is 20.1 Å². The average Bonchev–Trinajstić information content (AvgIpc) is 3.38. The van der Waals surface area contributed by atoms with Crippen LogP contribution in [0.5, 0.6) is 0 Å². The number of nitrogens with zero attached hydrogens (tertiary/aromatic N) is 8. The highest BCUT2D eigenvalue weighted by Crippen LogP contribution is 2.17. The van der Waals surface area contributed by atoms with Crippen LogP contribution in [0, 0.1) is 22.0 Å². The molecule has 32 heavy (non-hydrogen) atoms. The molecule has 0 unspecified atom stereocenters. The molecular formula is C19H15BrN8O4. The summed E-state index contributed by atoms with van der Waals surface area (Å²) in [6.45, 7) is 1.81. The van der Waals surface area contributed by atoms with Gasteiger partial charge in [-0.25, -0.2) is 14.5 Å². The maximum atomic E-state index is 13.2. The molecular weight excluding hydrogens is 484 g/mol. The Morgan fingerprint density at radius 2 is 1.91 bits per heavy atom. The lowest BCUT2D eigenvalue weighted by Crippen LogP contribution is -2.40. The van der Waals surface area contributed by atoms with Crippen molar-refractivity contribution in [3.8, 4) is 17.5 Å². The third-order valence-electron chi connectivity index (χ3n) is 4.79. The van der Waals surface area contributed by atoms with Crippen LogP contribution in [0.3, 0.4) is 0 Å². The van der Waals surface area contributed by atoms with Crippen LogP contribution in [0.4, 0.5) is 5.69 Å². The van der Waals surface area contributed by atoms with Crippen LogP contribution in [0.25, 0.3) is 16.9 Å². The molecule has 3 aromatic heterocycles. The number of halogens is 1. The summed E-state index contributed by atoms with van der Waals surface area (Å²) in [4.78, 5) is 40.6. The summed E-state index contributed by atoms with van der Waals surface area (Å²) in [6, 6.07) is 5.75. The van der Waals surface area contributed by atoms with Gasteiger partial charge in [0.15, 0.2) is 15.9 Å². The van der Waals surface area contributed by atoms with Crippen molar-refractivity contribution in [2.75, 3.05) is 0 Å². The third kappa shape index (κ3) is 3.60. The number of fused-ring (bicyclic) bond motifs is 1. The normalized spacial score (nSPS) is 10.8. The minimum atomic E-state index is -0.550. The fraction of sp³-hybridized carbons (Fsp3) is 0.211. The lowest BCUT2D eigenvalue weighted by atomic mass is 10.3. The van der Waals surface area contributed by atoms with E-state index in [-0.39, 0.29) is 29.9 Å². The molecule has 162 valence electrons. The Bertz CT molecular complexity index is 1530. The number of hydrogen-bond acceptors (Lipinski definition) is 7. The number of aromatic nitrogens is 7. The molecule has 0 fully saturated rings. The van der Waals surface area contributed by atoms with E-state index in [0.29, 0.717) is 16.1 Å². The van der Waals surface area contributed by atoms with Gasteiger partial charge in [-0.15, -0.1) is 11.0 Å². The lowest BCUT2D eigenvalue weighted by Gasteiger charge is -2.07. The summed E-state index contributed by atoms with van der Waals surface area (Å²) in [5.41, 5.74) is 0.272. The number of hydrogen-bond donors (Lipinski definition) is 0. The van der Waals surface area contributed by atoms with Gasteiger partial charge in [-0.1, -0.05) is 11.1 Å². The number of aryl methyl sites for hydroxylation is 1. The molecule has 13 heteroatoms. The van der Waals surface area contributed by atoms with Crippen molar-refractivity contribution in [1.82, 2.24) is 33.7 Å². The van der Waals surface area contributed by atoms with Gasteiger partial charge >= 0.3 is 5.69 Å². The summed E-state index contributed by atoms with van der Waals surface area (Å²) in [5, 5.41) is 18.8. The number of benzene rings is 1. The Labute approximate surface area is 188 Å². The second-order valence-corrected chi connectivity index (χ2v) is 7.44. The molecule has 0 saturated heterocycles. The van der Waals surface area contributed by atoms with Gasteiger partial charge < -0.3 is 4.57 Å². The summed E-state index contributed by atoms with van der Waals surface area (Å²) in [5.74, 6) is 5.66. The second-order valence-electron chi connectivity index (χ2n) is 6.73. The van der Waals surface area contributed by atoms with Crippen molar-refractivity contribution in [3.63, 3.8) is 0 Å². The van der Waals surface area contributed by atoms with Crippen molar-refractivity contribution in [3.05, 3.63) is 71.8 Å². The van der Waals surface area contributed by atoms with Crippen LogP contribution in [0.15, 0.2) is 44.8 Å². The third-order valence-corrected chi connectivity index (χ3v) is 5.39. The van der Waals surface area contributed by atoms with E-state index in [1.165, 1.54) is 40.6 Å². The number of nitro groups is 1. The maximum absolute atomic E-state index is 13.2. The molecule has 0 radical (unpaired) electrons. The monoisotopic (exact) mass is 498 g/mol. The molecule has 4 rings (SSSR count). The van der Waals surface area contributed by atoms with Crippen molar-refractivity contribution in [2.24, 2.45) is 7.05 Å². The molecule has 3 heterocycles. The van der Waals surface area contributed by atoms with Crippen LogP contribution in [0.2, 0.25) is 0 Å². The Kier molecular flexibility index (Phi) is 5.45. The molecule has 0 spiro atoms. The van der Waals surface area contributed by atoms with Crippen LogP contribution in [0.1, 0.15) is 12.6 Å². The predicted molar refractivity (Wildman–Crippen MR) is 117 cm³/mol. The molecule has 0 bridgehead atoms. The molecule has 12 nitrogen and oxygen atoms in total. The van der Waals surface area contributed by atoms with Crippen LogP contribution < -0.4 is 11.2 Å². The summed E-state index contributed by atoms with van der Waals surface area (Å²) in [7, 11) is 1.53. The zero-order valence-corrected chi connectivity index (χ0v) is 18.5. The number of nitro benzene ring substituents is 1.